The van der Waals surface area contributed by atoms with Gasteiger partial charge in [0.25, 0.3) is 5.91 Å². The lowest BCUT2D eigenvalue weighted by molar-refractivity contribution is 0.0689. The Kier molecular flexibility index (Phi) is 4.46. The van der Waals surface area contributed by atoms with E-state index in [2.05, 4.69) is 12.2 Å². The fourth-order valence-electron chi connectivity index (χ4n) is 2.80. The number of rotatable bonds is 3. The summed E-state index contributed by atoms with van der Waals surface area (Å²) in [5.41, 5.74) is 3.02. The summed E-state index contributed by atoms with van der Waals surface area (Å²) >= 11 is 0. The van der Waals surface area contributed by atoms with E-state index in [1.54, 1.807) is 0 Å². The van der Waals surface area contributed by atoms with Gasteiger partial charge in [-0.3, -0.25) is 4.79 Å². The average Bonchev–Trinajstić information content (AvgIpc) is 2.46. The Morgan fingerprint density at radius 1 is 1.37 bits per heavy atom. The molecule has 1 aliphatic heterocycles. The van der Waals surface area contributed by atoms with Gasteiger partial charge in [-0.25, -0.2) is 0 Å². The molecule has 1 amide bonds. The lowest BCUT2D eigenvalue weighted by Crippen LogP contribution is -2.38. The highest BCUT2D eigenvalue weighted by Gasteiger charge is 2.22. The molecule has 1 fully saturated rings. The zero-order valence-electron chi connectivity index (χ0n) is 12.2. The Labute approximate surface area is 116 Å². The lowest BCUT2D eigenvalue weighted by atomic mass is 9.94. The normalized spacial score (nSPS) is 16.5. The van der Waals surface area contributed by atoms with Gasteiger partial charge in [-0.05, 0) is 49.4 Å². The molecule has 1 saturated heterocycles. The number of aryl methyl sites for hydroxylation is 1. The summed E-state index contributed by atoms with van der Waals surface area (Å²) in [6.45, 7) is 6.09. The smallest absolute Gasteiger partial charge is 0.253 e. The van der Waals surface area contributed by atoms with E-state index in [1.165, 1.54) is 6.42 Å². The Hall–Kier alpha value is -1.51. The summed E-state index contributed by atoms with van der Waals surface area (Å²) in [5.74, 6) is 0.984. The topological polar surface area (TPSA) is 32.3 Å². The van der Waals surface area contributed by atoms with Crippen molar-refractivity contribution in [1.82, 2.24) is 4.90 Å². The van der Waals surface area contributed by atoms with Crippen LogP contribution in [0, 0.1) is 12.8 Å². The maximum absolute atomic E-state index is 12.5. The van der Waals surface area contributed by atoms with Gasteiger partial charge in [0, 0.05) is 31.4 Å². The van der Waals surface area contributed by atoms with Crippen LogP contribution in [0.4, 0.5) is 5.69 Å². The van der Waals surface area contributed by atoms with E-state index in [0.717, 1.165) is 48.7 Å². The number of carbonyl (C=O) groups is 1. The Bertz CT molecular complexity index is 448. The summed E-state index contributed by atoms with van der Waals surface area (Å²) in [4.78, 5) is 14.5. The fourth-order valence-corrected chi connectivity index (χ4v) is 2.80. The molecule has 1 heterocycles. The minimum Gasteiger partial charge on any atom is -0.388 e. The van der Waals surface area contributed by atoms with Gasteiger partial charge in [0.1, 0.15) is 0 Å². The molecule has 3 nitrogen and oxygen atoms in total. The molecule has 0 saturated carbocycles. The summed E-state index contributed by atoms with van der Waals surface area (Å²) in [7, 11) is 1.90. The highest BCUT2D eigenvalue weighted by atomic mass is 16.2. The van der Waals surface area contributed by atoms with Crippen molar-refractivity contribution in [3.05, 3.63) is 29.3 Å². The van der Waals surface area contributed by atoms with Crippen LogP contribution in [0.5, 0.6) is 0 Å². The number of hydrogen-bond donors (Lipinski definition) is 1. The van der Waals surface area contributed by atoms with Gasteiger partial charge in [-0.15, -0.1) is 0 Å². The molecule has 2 rings (SSSR count). The fraction of sp³-hybridized carbons (Fsp3) is 0.562. The zero-order valence-corrected chi connectivity index (χ0v) is 12.2. The van der Waals surface area contributed by atoms with Crippen molar-refractivity contribution in [2.24, 2.45) is 5.92 Å². The van der Waals surface area contributed by atoms with E-state index in [9.17, 15) is 4.79 Å². The van der Waals surface area contributed by atoms with E-state index in [0.29, 0.717) is 0 Å². The highest BCUT2D eigenvalue weighted by molar-refractivity contribution is 5.95. The monoisotopic (exact) mass is 260 g/mol. The second-order valence-electron chi connectivity index (χ2n) is 5.42. The summed E-state index contributed by atoms with van der Waals surface area (Å²) in [5, 5.41) is 3.13. The van der Waals surface area contributed by atoms with Crippen LogP contribution in [0.25, 0.3) is 0 Å². The number of likely N-dealkylation sites (tertiary alicyclic amines) is 1. The van der Waals surface area contributed by atoms with Crippen LogP contribution in [-0.2, 0) is 0 Å². The van der Waals surface area contributed by atoms with Crippen LogP contribution < -0.4 is 5.32 Å². The van der Waals surface area contributed by atoms with Gasteiger partial charge in [0.15, 0.2) is 0 Å². The number of amides is 1. The molecule has 0 bridgehead atoms. The molecule has 1 aromatic carbocycles. The van der Waals surface area contributed by atoms with E-state index < -0.39 is 0 Å². The summed E-state index contributed by atoms with van der Waals surface area (Å²) in [6.07, 6.45) is 3.53. The average molecular weight is 260 g/mol. The Balaban J connectivity index is 2.06. The first kappa shape index (κ1) is 13.9. The first-order valence-corrected chi connectivity index (χ1v) is 7.23. The number of nitrogens with one attached hydrogen (secondary N) is 1. The van der Waals surface area contributed by atoms with E-state index in [1.807, 2.05) is 37.1 Å². The van der Waals surface area contributed by atoms with E-state index in [4.69, 9.17) is 0 Å². The second kappa shape index (κ2) is 6.09. The summed E-state index contributed by atoms with van der Waals surface area (Å²) in [6, 6.07) is 5.90. The molecular weight excluding hydrogens is 236 g/mol. The van der Waals surface area contributed by atoms with Gasteiger partial charge in [-0.1, -0.05) is 13.3 Å². The molecule has 1 aromatic rings. The molecule has 19 heavy (non-hydrogen) atoms. The molecule has 0 atom stereocenters. The second-order valence-corrected chi connectivity index (χ2v) is 5.42. The molecule has 0 radical (unpaired) electrons. The largest absolute Gasteiger partial charge is 0.388 e. The maximum atomic E-state index is 12.5. The van der Waals surface area contributed by atoms with Crippen molar-refractivity contribution in [1.29, 1.82) is 0 Å². The van der Waals surface area contributed by atoms with Crippen LogP contribution in [0.2, 0.25) is 0 Å². The molecule has 0 aromatic heterocycles. The van der Waals surface area contributed by atoms with Crippen LogP contribution in [0.15, 0.2) is 18.2 Å². The van der Waals surface area contributed by atoms with Crippen LogP contribution in [0.1, 0.15) is 42.1 Å². The van der Waals surface area contributed by atoms with Gasteiger partial charge in [0.05, 0.1) is 0 Å². The number of hydrogen-bond acceptors (Lipinski definition) is 2. The van der Waals surface area contributed by atoms with Crippen molar-refractivity contribution in [3.8, 4) is 0 Å². The maximum Gasteiger partial charge on any atom is 0.253 e. The quantitative estimate of drug-likeness (QED) is 0.904. The molecule has 1 aliphatic rings. The first-order chi connectivity index (χ1) is 9.15. The minimum atomic E-state index is 0.181. The number of anilines is 1. The molecule has 1 N–H and O–H groups in total. The lowest BCUT2D eigenvalue weighted by Gasteiger charge is -2.31. The predicted octanol–water partition coefficient (Wildman–Crippen LogP) is 3.30. The Morgan fingerprint density at radius 2 is 2.05 bits per heavy atom. The van der Waals surface area contributed by atoms with Crippen LogP contribution >= 0.6 is 0 Å². The van der Waals surface area contributed by atoms with Gasteiger partial charge < -0.3 is 10.2 Å². The number of nitrogens with zero attached hydrogens (tertiary/aromatic N) is 1. The molecule has 0 unspecified atom stereocenters. The molecule has 0 aliphatic carbocycles. The van der Waals surface area contributed by atoms with Crippen molar-refractivity contribution in [2.45, 2.75) is 33.1 Å². The molecule has 3 heteroatoms. The Morgan fingerprint density at radius 3 is 2.58 bits per heavy atom. The first-order valence-electron chi connectivity index (χ1n) is 7.23. The van der Waals surface area contributed by atoms with Crippen LogP contribution in [0.3, 0.4) is 0 Å². The van der Waals surface area contributed by atoms with Gasteiger partial charge in [-0.2, -0.15) is 0 Å². The number of carbonyl (C=O) groups excluding carboxylic acids is 1. The zero-order chi connectivity index (χ0) is 13.8. The van der Waals surface area contributed by atoms with Crippen molar-refractivity contribution >= 4 is 11.6 Å². The highest BCUT2D eigenvalue weighted by Crippen LogP contribution is 2.22. The third kappa shape index (κ3) is 3.09. The SMILES string of the molecule is CCC1CCN(C(=O)c2ccc(NC)c(C)c2)CC1. The molecule has 0 spiro atoms. The number of piperidine rings is 1. The van der Waals surface area contributed by atoms with Crippen LogP contribution in [-0.4, -0.2) is 30.9 Å². The number of benzene rings is 1. The van der Waals surface area contributed by atoms with Crippen molar-refractivity contribution < 1.29 is 4.79 Å². The van der Waals surface area contributed by atoms with E-state index >= 15 is 0 Å². The third-order valence-corrected chi connectivity index (χ3v) is 4.22. The molecule has 104 valence electrons. The van der Waals surface area contributed by atoms with Gasteiger partial charge in [0.2, 0.25) is 0 Å². The predicted molar refractivity (Wildman–Crippen MR) is 79.6 cm³/mol. The standard InChI is InChI=1S/C16H24N2O/c1-4-13-7-9-18(10-8-13)16(19)14-5-6-15(17-3)12(2)11-14/h5-6,11,13,17H,4,7-10H2,1-3H3. The van der Waals surface area contributed by atoms with E-state index in [-0.39, 0.29) is 5.91 Å². The van der Waals surface area contributed by atoms with Gasteiger partial charge >= 0.3 is 0 Å². The summed E-state index contributed by atoms with van der Waals surface area (Å²) < 4.78 is 0. The minimum absolute atomic E-state index is 0.181. The third-order valence-electron chi connectivity index (χ3n) is 4.22. The molecular formula is C16H24N2O. The van der Waals surface area contributed by atoms with Crippen molar-refractivity contribution in [2.75, 3.05) is 25.5 Å². The van der Waals surface area contributed by atoms with Crippen molar-refractivity contribution in [3.63, 3.8) is 0 Å².